The van der Waals surface area contributed by atoms with Crippen LogP contribution in [0.2, 0.25) is 0 Å². The average Bonchev–Trinajstić information content (AvgIpc) is 2.40. The molecule has 0 bridgehead atoms. The SMILES string of the molecule is CN1CCN(C)C(CNC(=O)c2ccc(=O)[nH]c2)C1. The van der Waals surface area contributed by atoms with Crippen LogP contribution in [0.4, 0.5) is 0 Å². The number of aromatic nitrogens is 1. The number of nitrogens with zero attached hydrogens (tertiary/aromatic N) is 2. The molecule has 1 unspecified atom stereocenters. The summed E-state index contributed by atoms with van der Waals surface area (Å²) in [6.45, 7) is 3.62. The van der Waals surface area contributed by atoms with Crippen LogP contribution in [0.15, 0.2) is 23.1 Å². The van der Waals surface area contributed by atoms with Crippen LogP contribution in [0.3, 0.4) is 0 Å². The lowest BCUT2D eigenvalue weighted by Gasteiger charge is -2.37. The van der Waals surface area contributed by atoms with E-state index < -0.39 is 0 Å². The number of likely N-dealkylation sites (N-methyl/N-ethyl adjacent to an activating group) is 2. The number of carbonyl (C=O) groups excluding carboxylic acids is 1. The van der Waals surface area contributed by atoms with Crippen molar-refractivity contribution in [1.29, 1.82) is 0 Å². The van der Waals surface area contributed by atoms with E-state index in [1.807, 2.05) is 0 Å². The van der Waals surface area contributed by atoms with Gasteiger partial charge in [0.2, 0.25) is 5.56 Å². The highest BCUT2D eigenvalue weighted by molar-refractivity contribution is 5.93. The third-order valence-electron chi connectivity index (χ3n) is 3.52. The molecule has 1 aromatic rings. The lowest BCUT2D eigenvalue weighted by molar-refractivity contribution is 0.0881. The van der Waals surface area contributed by atoms with Gasteiger partial charge in [-0.15, -0.1) is 0 Å². The maximum Gasteiger partial charge on any atom is 0.252 e. The summed E-state index contributed by atoms with van der Waals surface area (Å²) in [6.07, 6.45) is 1.44. The minimum atomic E-state index is -0.204. The number of carbonyl (C=O) groups is 1. The summed E-state index contributed by atoms with van der Waals surface area (Å²) >= 11 is 0. The highest BCUT2D eigenvalue weighted by Gasteiger charge is 2.22. The van der Waals surface area contributed by atoms with E-state index in [1.54, 1.807) is 0 Å². The van der Waals surface area contributed by atoms with Crippen LogP contribution in [-0.2, 0) is 0 Å². The Bertz CT molecular complexity index is 479. The lowest BCUT2D eigenvalue weighted by Crippen LogP contribution is -2.54. The summed E-state index contributed by atoms with van der Waals surface area (Å²) < 4.78 is 0. The first-order valence-electron chi connectivity index (χ1n) is 6.42. The monoisotopic (exact) mass is 264 g/mol. The fourth-order valence-corrected chi connectivity index (χ4v) is 2.19. The molecule has 2 heterocycles. The van der Waals surface area contributed by atoms with Gasteiger partial charge in [0.15, 0.2) is 0 Å². The zero-order valence-electron chi connectivity index (χ0n) is 11.3. The van der Waals surface area contributed by atoms with Gasteiger partial charge in [-0.25, -0.2) is 0 Å². The Labute approximate surface area is 112 Å². The molecule has 0 aliphatic carbocycles. The number of hydrogen-bond donors (Lipinski definition) is 2. The molecule has 1 aromatic heterocycles. The minimum absolute atomic E-state index is 0.155. The van der Waals surface area contributed by atoms with Gasteiger partial charge in [-0.3, -0.25) is 14.5 Å². The largest absolute Gasteiger partial charge is 0.350 e. The molecule has 2 N–H and O–H groups in total. The standard InChI is InChI=1S/C13H20N4O2/c1-16-5-6-17(2)11(9-16)8-15-13(19)10-3-4-12(18)14-7-10/h3-4,7,11H,5-6,8-9H2,1-2H3,(H,14,18)(H,15,19). The third-order valence-corrected chi connectivity index (χ3v) is 3.52. The van der Waals surface area contributed by atoms with Crippen molar-refractivity contribution in [1.82, 2.24) is 20.1 Å². The van der Waals surface area contributed by atoms with Crippen molar-refractivity contribution in [2.75, 3.05) is 40.3 Å². The number of H-pyrrole nitrogens is 1. The van der Waals surface area contributed by atoms with Crippen molar-refractivity contribution < 1.29 is 4.79 Å². The van der Waals surface area contributed by atoms with E-state index in [9.17, 15) is 9.59 Å². The summed E-state index contributed by atoms with van der Waals surface area (Å²) in [5, 5.41) is 2.91. The van der Waals surface area contributed by atoms with Gasteiger partial charge in [0.25, 0.3) is 5.91 Å². The molecule has 0 saturated carbocycles. The molecule has 104 valence electrons. The summed E-state index contributed by atoms with van der Waals surface area (Å²) in [4.78, 5) is 29.9. The van der Waals surface area contributed by atoms with Gasteiger partial charge in [-0.05, 0) is 20.2 Å². The molecule has 0 radical (unpaired) electrons. The molecule has 0 spiro atoms. The van der Waals surface area contributed by atoms with Crippen molar-refractivity contribution in [2.45, 2.75) is 6.04 Å². The predicted molar refractivity (Wildman–Crippen MR) is 73.3 cm³/mol. The molecular formula is C13H20N4O2. The molecule has 6 heteroatoms. The molecular weight excluding hydrogens is 244 g/mol. The number of pyridine rings is 1. The van der Waals surface area contributed by atoms with E-state index in [0.717, 1.165) is 19.6 Å². The highest BCUT2D eigenvalue weighted by Crippen LogP contribution is 2.05. The molecule has 1 amide bonds. The summed E-state index contributed by atoms with van der Waals surface area (Å²) in [5.74, 6) is -0.155. The van der Waals surface area contributed by atoms with Crippen molar-refractivity contribution >= 4 is 5.91 Å². The van der Waals surface area contributed by atoms with E-state index in [4.69, 9.17) is 0 Å². The molecule has 6 nitrogen and oxygen atoms in total. The van der Waals surface area contributed by atoms with Gasteiger partial charge < -0.3 is 15.2 Å². The normalized spacial score (nSPS) is 21.3. The van der Waals surface area contributed by atoms with Crippen LogP contribution in [-0.4, -0.2) is 67.0 Å². The first kappa shape index (κ1) is 13.8. The van der Waals surface area contributed by atoms with Gasteiger partial charge >= 0.3 is 0 Å². The van der Waals surface area contributed by atoms with Gasteiger partial charge in [-0.1, -0.05) is 0 Å². The number of hydrogen-bond acceptors (Lipinski definition) is 4. The Kier molecular flexibility index (Phi) is 4.34. The van der Waals surface area contributed by atoms with Gasteiger partial charge in [-0.2, -0.15) is 0 Å². The van der Waals surface area contributed by atoms with Crippen molar-refractivity contribution in [3.8, 4) is 0 Å². The third kappa shape index (κ3) is 3.65. The minimum Gasteiger partial charge on any atom is -0.350 e. The van der Waals surface area contributed by atoms with E-state index in [2.05, 4.69) is 34.2 Å². The molecule has 1 atom stereocenters. The van der Waals surface area contributed by atoms with Crippen LogP contribution in [0.25, 0.3) is 0 Å². The molecule has 19 heavy (non-hydrogen) atoms. The number of piperazine rings is 1. The molecule has 1 aliphatic heterocycles. The topological polar surface area (TPSA) is 68.4 Å². The van der Waals surface area contributed by atoms with Gasteiger partial charge in [0.1, 0.15) is 0 Å². The van der Waals surface area contributed by atoms with E-state index >= 15 is 0 Å². The average molecular weight is 264 g/mol. The summed E-state index contributed by atoms with van der Waals surface area (Å²) in [6, 6.07) is 3.21. The molecule has 2 rings (SSSR count). The smallest absolute Gasteiger partial charge is 0.252 e. The quantitative estimate of drug-likeness (QED) is 0.761. The fourth-order valence-electron chi connectivity index (χ4n) is 2.19. The van der Waals surface area contributed by atoms with Crippen LogP contribution in [0, 0.1) is 0 Å². The zero-order valence-corrected chi connectivity index (χ0v) is 11.3. The lowest BCUT2D eigenvalue weighted by atomic mass is 10.2. The highest BCUT2D eigenvalue weighted by atomic mass is 16.1. The van der Waals surface area contributed by atoms with E-state index in [1.165, 1.54) is 18.3 Å². The Morgan fingerprint density at radius 2 is 2.21 bits per heavy atom. The Balaban J connectivity index is 1.89. The number of aromatic amines is 1. The second-order valence-electron chi connectivity index (χ2n) is 5.05. The molecule has 1 saturated heterocycles. The first-order chi connectivity index (χ1) is 9.06. The van der Waals surface area contributed by atoms with Gasteiger partial charge in [0.05, 0.1) is 5.56 Å². The van der Waals surface area contributed by atoms with Gasteiger partial charge in [0, 0.05) is 44.5 Å². The van der Waals surface area contributed by atoms with Crippen molar-refractivity contribution in [2.24, 2.45) is 0 Å². The zero-order chi connectivity index (χ0) is 13.8. The van der Waals surface area contributed by atoms with Crippen LogP contribution < -0.4 is 10.9 Å². The van der Waals surface area contributed by atoms with E-state index in [-0.39, 0.29) is 11.5 Å². The first-order valence-corrected chi connectivity index (χ1v) is 6.42. The Hall–Kier alpha value is -1.66. The maximum absolute atomic E-state index is 11.9. The number of nitrogens with one attached hydrogen (secondary N) is 2. The van der Waals surface area contributed by atoms with Crippen LogP contribution in [0.5, 0.6) is 0 Å². The molecule has 1 fully saturated rings. The number of rotatable bonds is 3. The predicted octanol–water partition coefficient (Wildman–Crippen LogP) is -0.649. The second kappa shape index (κ2) is 5.99. The van der Waals surface area contributed by atoms with Crippen LogP contribution >= 0.6 is 0 Å². The summed E-state index contributed by atoms with van der Waals surface area (Å²) in [7, 11) is 4.16. The number of amides is 1. The van der Waals surface area contributed by atoms with Crippen LogP contribution in [0.1, 0.15) is 10.4 Å². The molecule has 1 aliphatic rings. The Morgan fingerprint density at radius 1 is 1.42 bits per heavy atom. The van der Waals surface area contributed by atoms with E-state index in [0.29, 0.717) is 18.2 Å². The van der Waals surface area contributed by atoms with Crippen molar-refractivity contribution in [3.63, 3.8) is 0 Å². The second-order valence-corrected chi connectivity index (χ2v) is 5.05. The fraction of sp³-hybridized carbons (Fsp3) is 0.538. The summed E-state index contributed by atoms with van der Waals surface area (Å²) in [5.41, 5.74) is 0.275. The van der Waals surface area contributed by atoms with Crippen molar-refractivity contribution in [3.05, 3.63) is 34.2 Å². The maximum atomic E-state index is 11.9. The Morgan fingerprint density at radius 3 is 2.89 bits per heavy atom. The molecule has 0 aromatic carbocycles.